The molecular weight excluding hydrogens is 618 g/mol. The molecule has 2 amide bonds. The van der Waals surface area contributed by atoms with Gasteiger partial charge in [-0.25, -0.2) is 19.5 Å². The van der Waals surface area contributed by atoms with E-state index >= 15 is 0 Å². The lowest BCUT2D eigenvalue weighted by atomic mass is 10.0. The fraction of sp³-hybridized carbons (Fsp3) is 0.400. The van der Waals surface area contributed by atoms with Crippen LogP contribution < -0.4 is 10.1 Å². The first-order valence-electron chi connectivity index (χ1n) is 14.8. The van der Waals surface area contributed by atoms with Gasteiger partial charge in [0.15, 0.2) is 5.65 Å². The van der Waals surface area contributed by atoms with Crippen molar-refractivity contribution in [3.05, 3.63) is 54.6 Å². The second-order valence-electron chi connectivity index (χ2n) is 11.2. The van der Waals surface area contributed by atoms with E-state index in [-0.39, 0.29) is 51.9 Å². The SMILES string of the molecule is CC(C)Sc1ccc(OC(F)F)c(-c2nn(CC(=O)N3CCN(N4CC(C#N)C4)CC3)cc2NC(=O)c2cnn3cccnc23)c1. The van der Waals surface area contributed by atoms with Crippen molar-refractivity contribution in [2.75, 3.05) is 44.6 Å². The maximum atomic E-state index is 13.5. The summed E-state index contributed by atoms with van der Waals surface area (Å²) >= 11 is 1.53. The van der Waals surface area contributed by atoms with Crippen LogP contribution in [0.4, 0.5) is 14.5 Å². The van der Waals surface area contributed by atoms with Crippen molar-refractivity contribution >= 4 is 34.9 Å². The van der Waals surface area contributed by atoms with Gasteiger partial charge in [0.1, 0.15) is 23.6 Å². The molecule has 3 aromatic heterocycles. The summed E-state index contributed by atoms with van der Waals surface area (Å²) in [6.07, 6.45) is 6.10. The lowest BCUT2D eigenvalue weighted by molar-refractivity contribution is -0.143. The number of rotatable bonds is 10. The molecule has 13 nitrogen and oxygen atoms in total. The van der Waals surface area contributed by atoms with Gasteiger partial charge < -0.3 is 15.0 Å². The standard InChI is InChI=1S/C30H32F2N10O3S/c1-19(2)46-21-4-5-25(45-30(31)32)22(12-21)27-24(36-29(44)23-14-35-42-7-3-6-34-28(23)42)17-39(37-27)18-26(43)38-8-10-40(11-9-38)41-15-20(13-33)16-41/h3-7,12,14,17,19-20,30H,8-11,15-16,18H2,1-2H3,(H,36,44). The number of hydrazine groups is 1. The van der Waals surface area contributed by atoms with Gasteiger partial charge in [-0.15, -0.1) is 11.8 Å². The zero-order valence-corrected chi connectivity index (χ0v) is 26.0. The summed E-state index contributed by atoms with van der Waals surface area (Å²) in [5, 5.41) is 25.2. The highest BCUT2D eigenvalue weighted by molar-refractivity contribution is 7.99. The molecule has 0 bridgehead atoms. The van der Waals surface area contributed by atoms with Crippen LogP contribution in [0.3, 0.4) is 0 Å². The fourth-order valence-electron chi connectivity index (χ4n) is 5.44. The minimum atomic E-state index is -3.09. The summed E-state index contributed by atoms with van der Waals surface area (Å²) in [6, 6.07) is 8.79. The van der Waals surface area contributed by atoms with Gasteiger partial charge in [0.05, 0.1) is 23.9 Å². The Morgan fingerprint density at radius 2 is 1.96 bits per heavy atom. The summed E-state index contributed by atoms with van der Waals surface area (Å²) in [5.74, 6) is -0.784. The molecule has 0 unspecified atom stereocenters. The van der Waals surface area contributed by atoms with Crippen LogP contribution in [0.1, 0.15) is 24.2 Å². The van der Waals surface area contributed by atoms with Crippen LogP contribution >= 0.6 is 11.8 Å². The first-order chi connectivity index (χ1) is 22.2. The molecule has 2 aliphatic heterocycles. The molecule has 16 heteroatoms. The number of aromatic nitrogens is 5. The van der Waals surface area contributed by atoms with E-state index in [0.29, 0.717) is 44.9 Å². The Labute approximate surface area is 267 Å². The third kappa shape index (κ3) is 6.81. The van der Waals surface area contributed by atoms with Crippen LogP contribution in [0.25, 0.3) is 16.9 Å². The Bertz CT molecular complexity index is 1770. The van der Waals surface area contributed by atoms with Crippen molar-refractivity contribution in [3.63, 3.8) is 0 Å². The average molecular weight is 651 g/mol. The number of alkyl halides is 2. The van der Waals surface area contributed by atoms with E-state index in [1.165, 1.54) is 39.4 Å². The van der Waals surface area contributed by atoms with E-state index < -0.39 is 12.5 Å². The molecule has 2 aliphatic rings. The van der Waals surface area contributed by atoms with E-state index in [1.807, 2.05) is 13.8 Å². The van der Waals surface area contributed by atoms with E-state index in [1.54, 1.807) is 35.5 Å². The molecule has 1 aromatic carbocycles. The van der Waals surface area contributed by atoms with Crippen molar-refractivity contribution in [2.24, 2.45) is 5.92 Å². The Hall–Kier alpha value is -4.59. The van der Waals surface area contributed by atoms with Crippen molar-refractivity contribution in [3.8, 4) is 23.1 Å². The molecule has 6 rings (SSSR count). The second kappa shape index (κ2) is 13.4. The van der Waals surface area contributed by atoms with E-state index in [2.05, 4.69) is 36.6 Å². The number of anilines is 1. The Morgan fingerprint density at radius 3 is 2.67 bits per heavy atom. The molecule has 2 saturated heterocycles. The first-order valence-corrected chi connectivity index (χ1v) is 15.7. The summed E-state index contributed by atoms with van der Waals surface area (Å²) < 4.78 is 34.7. The molecule has 0 saturated carbocycles. The van der Waals surface area contributed by atoms with Crippen LogP contribution in [0.5, 0.6) is 5.75 Å². The molecule has 0 atom stereocenters. The number of ether oxygens (including phenoxy) is 1. The molecule has 5 heterocycles. The number of nitriles is 1. The number of benzene rings is 1. The predicted octanol–water partition coefficient (Wildman–Crippen LogP) is 3.46. The number of fused-ring (bicyclic) bond motifs is 1. The van der Waals surface area contributed by atoms with Crippen molar-refractivity contribution < 1.29 is 23.1 Å². The molecule has 0 aliphatic carbocycles. The normalized spacial score (nSPS) is 16.2. The van der Waals surface area contributed by atoms with Gasteiger partial charge in [0, 0.05) is 73.6 Å². The molecule has 46 heavy (non-hydrogen) atoms. The summed E-state index contributed by atoms with van der Waals surface area (Å²) in [7, 11) is 0. The van der Waals surface area contributed by atoms with Gasteiger partial charge in [-0.1, -0.05) is 13.8 Å². The number of carbonyl (C=O) groups is 2. The number of nitrogens with one attached hydrogen (secondary N) is 1. The van der Waals surface area contributed by atoms with Crippen LogP contribution in [0.2, 0.25) is 0 Å². The monoisotopic (exact) mass is 650 g/mol. The quantitative estimate of drug-likeness (QED) is 0.254. The number of halogens is 2. The molecule has 0 spiro atoms. The minimum Gasteiger partial charge on any atom is -0.434 e. The zero-order valence-electron chi connectivity index (χ0n) is 25.2. The van der Waals surface area contributed by atoms with Crippen LogP contribution in [0, 0.1) is 17.2 Å². The molecule has 2 fully saturated rings. The number of hydrogen-bond acceptors (Lipinski definition) is 10. The average Bonchev–Trinajstić information content (AvgIpc) is 3.61. The first kappa shape index (κ1) is 31.4. The van der Waals surface area contributed by atoms with Crippen LogP contribution in [0.15, 0.2) is 53.9 Å². The summed E-state index contributed by atoms with van der Waals surface area (Å²) in [6.45, 7) is 4.52. The number of amides is 2. The number of hydrogen-bond donors (Lipinski definition) is 1. The third-order valence-electron chi connectivity index (χ3n) is 7.68. The Kier molecular flexibility index (Phi) is 9.15. The number of carbonyl (C=O) groups excluding carboxylic acids is 2. The van der Waals surface area contributed by atoms with Crippen molar-refractivity contribution in [2.45, 2.75) is 37.1 Å². The topological polar surface area (TPSA) is 137 Å². The number of piperazine rings is 1. The molecular formula is C30H32F2N10O3S. The summed E-state index contributed by atoms with van der Waals surface area (Å²) in [4.78, 5) is 33.6. The lowest BCUT2D eigenvalue weighted by Gasteiger charge is -2.47. The lowest BCUT2D eigenvalue weighted by Crippen LogP contribution is -2.61. The maximum Gasteiger partial charge on any atom is 0.387 e. The van der Waals surface area contributed by atoms with Crippen molar-refractivity contribution in [1.82, 2.24) is 39.3 Å². The smallest absolute Gasteiger partial charge is 0.387 e. The maximum absolute atomic E-state index is 13.5. The van der Waals surface area contributed by atoms with Crippen LogP contribution in [-0.4, -0.2) is 102 Å². The second-order valence-corrected chi connectivity index (χ2v) is 12.9. The predicted molar refractivity (Wildman–Crippen MR) is 165 cm³/mol. The van der Waals surface area contributed by atoms with E-state index in [9.17, 15) is 18.4 Å². The minimum absolute atomic E-state index is 0.0451. The highest BCUT2D eigenvalue weighted by Crippen LogP contribution is 2.39. The van der Waals surface area contributed by atoms with E-state index in [4.69, 9.17) is 10.00 Å². The van der Waals surface area contributed by atoms with Gasteiger partial charge in [-0.05, 0) is 24.3 Å². The van der Waals surface area contributed by atoms with Gasteiger partial charge >= 0.3 is 6.61 Å². The van der Waals surface area contributed by atoms with Gasteiger partial charge in [0.25, 0.3) is 5.91 Å². The molecule has 4 aromatic rings. The number of thioether (sulfide) groups is 1. The van der Waals surface area contributed by atoms with Gasteiger partial charge in [-0.3, -0.25) is 14.3 Å². The Morgan fingerprint density at radius 1 is 1.17 bits per heavy atom. The molecule has 240 valence electrons. The highest BCUT2D eigenvalue weighted by atomic mass is 32.2. The van der Waals surface area contributed by atoms with Crippen molar-refractivity contribution in [1.29, 1.82) is 5.26 Å². The van der Waals surface area contributed by atoms with Gasteiger partial charge in [-0.2, -0.15) is 24.2 Å². The fourth-order valence-corrected chi connectivity index (χ4v) is 6.32. The highest BCUT2D eigenvalue weighted by Gasteiger charge is 2.33. The molecule has 0 radical (unpaired) electrons. The largest absolute Gasteiger partial charge is 0.434 e. The van der Waals surface area contributed by atoms with Gasteiger partial charge in [0.2, 0.25) is 5.91 Å². The van der Waals surface area contributed by atoms with Crippen LogP contribution in [-0.2, 0) is 11.3 Å². The molecule has 1 N–H and O–H groups in total. The zero-order chi connectivity index (χ0) is 32.4. The van der Waals surface area contributed by atoms with E-state index in [0.717, 1.165) is 4.90 Å². The third-order valence-corrected chi connectivity index (χ3v) is 8.68. The number of nitrogens with zero attached hydrogens (tertiary/aromatic N) is 9. The summed E-state index contributed by atoms with van der Waals surface area (Å²) in [5.41, 5.74) is 1.14. The Balaban J connectivity index is 1.28.